The minimum absolute atomic E-state index is 0.0543. The number of thioether (sulfide) groups is 1. The van der Waals surface area contributed by atoms with Crippen LogP contribution in [0.15, 0.2) is 63.9 Å². The largest absolute Gasteiger partial charge is 0.459 e. The van der Waals surface area contributed by atoms with Gasteiger partial charge in [-0.3, -0.25) is 5.84 Å². The molecule has 1 heterocycles. The van der Waals surface area contributed by atoms with Crippen LogP contribution in [-0.2, 0) is 0 Å². The Hall–Kier alpha value is -1.46. The molecule has 0 bridgehead atoms. The van der Waals surface area contributed by atoms with E-state index < -0.39 is 0 Å². The molecular formula is C16H15ClN2OS. The average molecular weight is 319 g/mol. The van der Waals surface area contributed by atoms with E-state index >= 15 is 0 Å². The number of fused-ring (bicyclic) bond motifs is 1. The molecule has 5 heteroatoms. The zero-order chi connectivity index (χ0) is 14.7. The van der Waals surface area contributed by atoms with E-state index in [9.17, 15) is 0 Å². The second-order valence-corrected chi connectivity index (χ2v) is 6.20. The number of hydrogen-bond donors (Lipinski definition) is 2. The van der Waals surface area contributed by atoms with E-state index in [1.807, 2.05) is 54.6 Å². The molecule has 1 aromatic heterocycles. The molecule has 0 spiro atoms. The number of benzene rings is 2. The highest BCUT2D eigenvalue weighted by molar-refractivity contribution is 7.99. The lowest BCUT2D eigenvalue weighted by Gasteiger charge is -2.12. The van der Waals surface area contributed by atoms with Crippen LogP contribution >= 0.6 is 23.4 Å². The molecule has 2 aromatic carbocycles. The van der Waals surface area contributed by atoms with Gasteiger partial charge in [0.25, 0.3) is 0 Å². The summed E-state index contributed by atoms with van der Waals surface area (Å²) in [5.74, 6) is 7.27. The van der Waals surface area contributed by atoms with Crippen molar-refractivity contribution in [2.24, 2.45) is 5.84 Å². The van der Waals surface area contributed by atoms with Crippen LogP contribution in [0.3, 0.4) is 0 Å². The maximum atomic E-state index is 5.99. The van der Waals surface area contributed by atoms with Gasteiger partial charge in [-0.25, -0.2) is 5.43 Å². The van der Waals surface area contributed by atoms with Gasteiger partial charge in [0, 0.05) is 21.1 Å². The van der Waals surface area contributed by atoms with Crippen molar-refractivity contribution in [1.82, 2.24) is 5.43 Å². The predicted molar refractivity (Wildman–Crippen MR) is 88.5 cm³/mol. The van der Waals surface area contributed by atoms with Crippen LogP contribution < -0.4 is 11.3 Å². The summed E-state index contributed by atoms with van der Waals surface area (Å²) in [6.45, 7) is 0. The number of furan rings is 1. The van der Waals surface area contributed by atoms with Crippen LogP contribution in [0.1, 0.15) is 11.8 Å². The van der Waals surface area contributed by atoms with Crippen molar-refractivity contribution >= 4 is 34.3 Å². The van der Waals surface area contributed by atoms with Gasteiger partial charge in [-0.05, 0) is 30.3 Å². The summed E-state index contributed by atoms with van der Waals surface area (Å²) in [6.07, 6.45) is 0. The van der Waals surface area contributed by atoms with Crippen molar-refractivity contribution in [2.45, 2.75) is 10.9 Å². The average Bonchev–Trinajstić information content (AvgIpc) is 2.91. The molecular weight excluding hydrogens is 304 g/mol. The van der Waals surface area contributed by atoms with Gasteiger partial charge in [-0.1, -0.05) is 35.9 Å². The molecule has 3 aromatic rings. The van der Waals surface area contributed by atoms with Crippen LogP contribution in [0.25, 0.3) is 11.0 Å². The third-order valence-electron chi connectivity index (χ3n) is 3.20. The highest BCUT2D eigenvalue weighted by atomic mass is 35.5. The first-order valence-electron chi connectivity index (χ1n) is 6.59. The zero-order valence-electron chi connectivity index (χ0n) is 11.3. The quantitative estimate of drug-likeness (QED) is 0.416. The summed E-state index contributed by atoms with van der Waals surface area (Å²) in [6, 6.07) is 17.7. The first-order chi connectivity index (χ1) is 10.3. The van der Waals surface area contributed by atoms with E-state index in [1.54, 1.807) is 11.8 Å². The van der Waals surface area contributed by atoms with Crippen LogP contribution in [-0.4, -0.2) is 5.75 Å². The molecule has 3 N–H and O–H groups in total. The number of para-hydroxylation sites is 1. The van der Waals surface area contributed by atoms with Crippen molar-refractivity contribution < 1.29 is 4.42 Å². The Morgan fingerprint density at radius 3 is 2.76 bits per heavy atom. The molecule has 1 atom stereocenters. The Balaban J connectivity index is 1.75. The van der Waals surface area contributed by atoms with Gasteiger partial charge in [-0.15, -0.1) is 11.8 Å². The van der Waals surface area contributed by atoms with Gasteiger partial charge in [0.15, 0.2) is 0 Å². The standard InChI is InChI=1S/C16H15ClN2OS/c17-12-5-3-6-13(9-12)21-10-14(19-18)16-8-11-4-1-2-7-15(11)20-16/h1-9,14,19H,10,18H2. The zero-order valence-corrected chi connectivity index (χ0v) is 12.8. The van der Waals surface area contributed by atoms with Crippen LogP contribution in [0.5, 0.6) is 0 Å². The highest BCUT2D eigenvalue weighted by Gasteiger charge is 2.15. The number of nitrogens with one attached hydrogen (secondary N) is 1. The second kappa shape index (κ2) is 6.54. The molecule has 0 saturated heterocycles. The van der Waals surface area contributed by atoms with E-state index in [4.69, 9.17) is 21.9 Å². The maximum Gasteiger partial charge on any atom is 0.134 e. The SMILES string of the molecule is NNC(CSc1cccc(Cl)c1)c1cc2ccccc2o1. The molecule has 108 valence electrons. The lowest BCUT2D eigenvalue weighted by atomic mass is 10.2. The van der Waals surface area contributed by atoms with Gasteiger partial charge < -0.3 is 4.42 Å². The number of rotatable bonds is 5. The lowest BCUT2D eigenvalue weighted by molar-refractivity contribution is 0.464. The molecule has 0 aliphatic heterocycles. The minimum atomic E-state index is -0.0543. The number of hydrogen-bond acceptors (Lipinski definition) is 4. The third kappa shape index (κ3) is 3.41. The molecule has 21 heavy (non-hydrogen) atoms. The fraction of sp³-hybridized carbons (Fsp3) is 0.125. The van der Waals surface area contributed by atoms with Crippen molar-refractivity contribution in [3.63, 3.8) is 0 Å². The van der Waals surface area contributed by atoms with E-state index in [1.165, 1.54) is 0 Å². The van der Waals surface area contributed by atoms with E-state index in [0.717, 1.165) is 32.4 Å². The third-order valence-corrected chi connectivity index (χ3v) is 4.52. The minimum Gasteiger partial charge on any atom is -0.459 e. The van der Waals surface area contributed by atoms with Crippen molar-refractivity contribution in [3.05, 3.63) is 65.4 Å². The fourth-order valence-electron chi connectivity index (χ4n) is 2.12. The monoisotopic (exact) mass is 318 g/mol. The van der Waals surface area contributed by atoms with Crippen molar-refractivity contribution in [3.8, 4) is 0 Å². The van der Waals surface area contributed by atoms with Gasteiger partial charge in [0.2, 0.25) is 0 Å². The summed E-state index contributed by atoms with van der Waals surface area (Å²) in [5.41, 5.74) is 3.69. The van der Waals surface area contributed by atoms with E-state index in [2.05, 4.69) is 5.43 Å². The molecule has 3 nitrogen and oxygen atoms in total. The Bertz CT molecular complexity index is 711. The van der Waals surface area contributed by atoms with Crippen LogP contribution in [0, 0.1) is 0 Å². The van der Waals surface area contributed by atoms with Crippen molar-refractivity contribution in [2.75, 3.05) is 5.75 Å². The van der Waals surface area contributed by atoms with Gasteiger partial charge in [0.05, 0.1) is 6.04 Å². The molecule has 0 saturated carbocycles. The molecule has 1 unspecified atom stereocenters. The topological polar surface area (TPSA) is 51.2 Å². The van der Waals surface area contributed by atoms with Crippen LogP contribution in [0.2, 0.25) is 5.02 Å². The first kappa shape index (κ1) is 14.5. The van der Waals surface area contributed by atoms with Crippen LogP contribution in [0.4, 0.5) is 0 Å². The van der Waals surface area contributed by atoms with Gasteiger partial charge in [0.1, 0.15) is 11.3 Å². The Morgan fingerprint density at radius 2 is 2.00 bits per heavy atom. The first-order valence-corrected chi connectivity index (χ1v) is 7.95. The molecule has 3 rings (SSSR count). The molecule has 0 aliphatic carbocycles. The Morgan fingerprint density at radius 1 is 1.14 bits per heavy atom. The van der Waals surface area contributed by atoms with Crippen molar-refractivity contribution in [1.29, 1.82) is 0 Å². The Kier molecular flexibility index (Phi) is 4.51. The van der Waals surface area contributed by atoms with Gasteiger partial charge >= 0.3 is 0 Å². The molecule has 0 aliphatic rings. The maximum absolute atomic E-state index is 5.99. The van der Waals surface area contributed by atoms with E-state index in [-0.39, 0.29) is 6.04 Å². The summed E-state index contributed by atoms with van der Waals surface area (Å²) in [4.78, 5) is 1.11. The van der Waals surface area contributed by atoms with Gasteiger partial charge in [-0.2, -0.15) is 0 Å². The molecule has 0 amide bonds. The number of nitrogens with two attached hydrogens (primary N) is 1. The number of halogens is 1. The summed E-state index contributed by atoms with van der Waals surface area (Å²) in [7, 11) is 0. The van der Waals surface area contributed by atoms with E-state index in [0.29, 0.717) is 0 Å². The smallest absolute Gasteiger partial charge is 0.134 e. The summed E-state index contributed by atoms with van der Waals surface area (Å²) < 4.78 is 5.85. The summed E-state index contributed by atoms with van der Waals surface area (Å²) in [5, 5.41) is 1.82. The molecule has 0 radical (unpaired) electrons. The fourth-order valence-corrected chi connectivity index (χ4v) is 3.38. The normalized spacial score (nSPS) is 12.7. The summed E-state index contributed by atoms with van der Waals surface area (Å²) >= 11 is 7.68. The number of hydrazine groups is 1. The second-order valence-electron chi connectivity index (χ2n) is 4.67. The predicted octanol–water partition coefficient (Wildman–Crippen LogP) is 4.38. The highest BCUT2D eigenvalue weighted by Crippen LogP contribution is 2.29. The molecule has 0 fully saturated rings. The lowest BCUT2D eigenvalue weighted by Crippen LogP contribution is -2.29. The Labute approximate surface area is 132 Å².